The Labute approximate surface area is 103 Å². The van der Waals surface area contributed by atoms with Crippen molar-refractivity contribution in [3.63, 3.8) is 0 Å². The van der Waals surface area contributed by atoms with Crippen molar-refractivity contribution >= 4 is 11.6 Å². The van der Waals surface area contributed by atoms with Crippen molar-refractivity contribution in [2.24, 2.45) is 0 Å². The van der Waals surface area contributed by atoms with E-state index in [-0.39, 0.29) is 24.2 Å². The van der Waals surface area contributed by atoms with E-state index in [4.69, 9.17) is 9.26 Å². The molecule has 1 amide bonds. The molecule has 1 heterocycles. The van der Waals surface area contributed by atoms with E-state index in [2.05, 4.69) is 10.5 Å². The van der Waals surface area contributed by atoms with Crippen LogP contribution in [0.25, 0.3) is 0 Å². The lowest BCUT2D eigenvalue weighted by Crippen LogP contribution is -2.20. The normalized spacial score (nSPS) is 10.1. The van der Waals surface area contributed by atoms with Gasteiger partial charge in [-0.3, -0.25) is 4.79 Å². The predicted octanol–water partition coefficient (Wildman–Crippen LogP) is 2.14. The van der Waals surface area contributed by atoms with Crippen molar-refractivity contribution in [1.29, 1.82) is 0 Å². The second kappa shape index (κ2) is 5.31. The van der Waals surface area contributed by atoms with Crippen LogP contribution in [0.4, 0.5) is 10.1 Å². The Bertz CT molecular complexity index is 537. The fourth-order valence-electron chi connectivity index (χ4n) is 1.28. The van der Waals surface area contributed by atoms with E-state index in [9.17, 15) is 9.18 Å². The molecule has 0 bridgehead atoms. The van der Waals surface area contributed by atoms with Gasteiger partial charge in [0.1, 0.15) is 11.6 Å². The van der Waals surface area contributed by atoms with Gasteiger partial charge in [-0.1, -0.05) is 0 Å². The molecule has 0 saturated carbocycles. The molecule has 0 fully saturated rings. The average molecular weight is 250 g/mol. The molecular weight excluding hydrogens is 239 g/mol. The highest BCUT2D eigenvalue weighted by molar-refractivity contribution is 5.91. The number of aryl methyl sites for hydroxylation is 1. The van der Waals surface area contributed by atoms with Crippen LogP contribution >= 0.6 is 0 Å². The number of carbonyl (C=O) groups is 1. The van der Waals surface area contributed by atoms with Crippen LogP contribution in [-0.2, 0) is 4.79 Å². The average Bonchev–Trinajstić information content (AvgIpc) is 2.76. The van der Waals surface area contributed by atoms with Gasteiger partial charge in [0, 0.05) is 11.8 Å². The van der Waals surface area contributed by atoms with Gasteiger partial charge in [-0.05, 0) is 36.3 Å². The van der Waals surface area contributed by atoms with E-state index < -0.39 is 0 Å². The molecule has 1 aromatic carbocycles. The highest BCUT2D eigenvalue weighted by atomic mass is 19.1. The van der Waals surface area contributed by atoms with Gasteiger partial charge >= 0.3 is 0 Å². The number of rotatable bonds is 4. The molecule has 0 saturated heterocycles. The summed E-state index contributed by atoms with van der Waals surface area (Å²) in [5.41, 5.74) is 0.501. The van der Waals surface area contributed by atoms with Gasteiger partial charge in [-0.25, -0.2) is 4.39 Å². The summed E-state index contributed by atoms with van der Waals surface area (Å²) in [6, 6.07) is 7.03. The van der Waals surface area contributed by atoms with Crippen LogP contribution in [0.3, 0.4) is 0 Å². The fourth-order valence-corrected chi connectivity index (χ4v) is 1.28. The largest absolute Gasteiger partial charge is 0.465 e. The maximum Gasteiger partial charge on any atom is 0.262 e. The minimum atomic E-state index is -0.359. The molecule has 0 aliphatic rings. The molecule has 1 N–H and O–H groups in total. The number of carbonyl (C=O) groups excluding carboxylic acids is 1. The molecular formula is C12H11FN2O3. The van der Waals surface area contributed by atoms with E-state index in [1.165, 1.54) is 24.3 Å². The highest BCUT2D eigenvalue weighted by Crippen LogP contribution is 2.10. The molecule has 18 heavy (non-hydrogen) atoms. The zero-order valence-corrected chi connectivity index (χ0v) is 9.64. The minimum absolute atomic E-state index is 0.191. The van der Waals surface area contributed by atoms with Crippen LogP contribution in [-0.4, -0.2) is 17.7 Å². The van der Waals surface area contributed by atoms with Gasteiger partial charge < -0.3 is 14.6 Å². The second-order valence-electron chi connectivity index (χ2n) is 3.62. The van der Waals surface area contributed by atoms with E-state index in [0.717, 1.165) is 0 Å². The molecule has 0 aliphatic heterocycles. The number of halogens is 1. The SMILES string of the molecule is Cc1cc(OCC(=O)Nc2ccc(F)cc2)no1. The summed E-state index contributed by atoms with van der Waals surface area (Å²) in [6.45, 7) is 1.53. The van der Waals surface area contributed by atoms with Crippen molar-refractivity contribution in [2.45, 2.75) is 6.92 Å². The number of aromatic nitrogens is 1. The molecule has 0 atom stereocenters. The molecule has 0 aliphatic carbocycles. The molecule has 94 valence electrons. The first-order valence-corrected chi connectivity index (χ1v) is 5.25. The van der Waals surface area contributed by atoms with Crippen LogP contribution in [0.2, 0.25) is 0 Å². The van der Waals surface area contributed by atoms with E-state index in [0.29, 0.717) is 11.4 Å². The predicted molar refractivity (Wildman–Crippen MR) is 61.8 cm³/mol. The molecule has 6 heteroatoms. The maximum absolute atomic E-state index is 12.6. The Balaban J connectivity index is 1.83. The number of ether oxygens (including phenoxy) is 1. The van der Waals surface area contributed by atoms with E-state index >= 15 is 0 Å². The fraction of sp³-hybridized carbons (Fsp3) is 0.167. The van der Waals surface area contributed by atoms with Gasteiger partial charge in [-0.15, -0.1) is 0 Å². The van der Waals surface area contributed by atoms with Crippen LogP contribution < -0.4 is 10.1 Å². The zero-order valence-electron chi connectivity index (χ0n) is 9.64. The Hall–Kier alpha value is -2.37. The molecule has 0 unspecified atom stereocenters. The van der Waals surface area contributed by atoms with Crippen molar-refractivity contribution in [1.82, 2.24) is 5.16 Å². The lowest BCUT2D eigenvalue weighted by molar-refractivity contribution is -0.118. The topological polar surface area (TPSA) is 64.4 Å². The first kappa shape index (κ1) is 12.1. The molecule has 0 spiro atoms. The number of nitrogens with zero attached hydrogens (tertiary/aromatic N) is 1. The van der Waals surface area contributed by atoms with E-state index in [1.54, 1.807) is 13.0 Å². The summed E-state index contributed by atoms with van der Waals surface area (Å²) in [7, 11) is 0. The molecule has 2 aromatic rings. The Morgan fingerprint density at radius 1 is 1.44 bits per heavy atom. The second-order valence-corrected chi connectivity index (χ2v) is 3.62. The smallest absolute Gasteiger partial charge is 0.262 e. The summed E-state index contributed by atoms with van der Waals surface area (Å²) in [6.07, 6.45) is 0. The van der Waals surface area contributed by atoms with Crippen LogP contribution in [0.1, 0.15) is 5.76 Å². The third-order valence-corrected chi connectivity index (χ3v) is 2.09. The lowest BCUT2D eigenvalue weighted by Gasteiger charge is -2.04. The lowest BCUT2D eigenvalue weighted by atomic mass is 10.3. The molecule has 5 nitrogen and oxygen atoms in total. The first-order valence-electron chi connectivity index (χ1n) is 5.25. The van der Waals surface area contributed by atoms with Crippen molar-refractivity contribution in [3.8, 4) is 5.88 Å². The number of hydrogen-bond donors (Lipinski definition) is 1. The van der Waals surface area contributed by atoms with E-state index in [1.807, 2.05) is 0 Å². The van der Waals surface area contributed by atoms with Crippen LogP contribution in [0.5, 0.6) is 5.88 Å². The van der Waals surface area contributed by atoms with Crippen molar-refractivity contribution in [3.05, 3.63) is 41.9 Å². The van der Waals surface area contributed by atoms with Gasteiger partial charge in [0.15, 0.2) is 6.61 Å². The standard InChI is InChI=1S/C12H11FN2O3/c1-8-6-12(15-18-8)17-7-11(16)14-10-4-2-9(13)3-5-10/h2-6H,7H2,1H3,(H,14,16). The number of amides is 1. The molecule has 1 aromatic heterocycles. The molecule has 2 rings (SSSR count). The van der Waals surface area contributed by atoms with Gasteiger partial charge in [0.2, 0.25) is 0 Å². The van der Waals surface area contributed by atoms with Gasteiger partial charge in [0.25, 0.3) is 11.8 Å². The number of anilines is 1. The summed E-state index contributed by atoms with van der Waals surface area (Å²) in [5, 5.41) is 6.14. The highest BCUT2D eigenvalue weighted by Gasteiger charge is 2.06. The summed E-state index contributed by atoms with van der Waals surface area (Å²) in [4.78, 5) is 11.5. The Morgan fingerprint density at radius 3 is 2.78 bits per heavy atom. The Kier molecular flexibility index (Phi) is 3.57. The zero-order chi connectivity index (χ0) is 13.0. The maximum atomic E-state index is 12.6. The van der Waals surface area contributed by atoms with Crippen LogP contribution in [0.15, 0.2) is 34.9 Å². The quantitative estimate of drug-likeness (QED) is 0.902. The third-order valence-electron chi connectivity index (χ3n) is 2.09. The summed E-state index contributed by atoms with van der Waals surface area (Å²) >= 11 is 0. The van der Waals surface area contributed by atoms with Gasteiger partial charge in [0.05, 0.1) is 0 Å². The number of hydrogen-bond acceptors (Lipinski definition) is 4. The molecule has 0 radical (unpaired) electrons. The first-order chi connectivity index (χ1) is 8.63. The van der Waals surface area contributed by atoms with Crippen LogP contribution in [0, 0.1) is 12.7 Å². The summed E-state index contributed by atoms with van der Waals surface area (Å²) in [5.74, 6) is 0.135. The minimum Gasteiger partial charge on any atom is -0.465 e. The number of benzene rings is 1. The third kappa shape index (κ3) is 3.31. The Morgan fingerprint density at radius 2 is 2.17 bits per heavy atom. The van der Waals surface area contributed by atoms with Crippen molar-refractivity contribution in [2.75, 3.05) is 11.9 Å². The van der Waals surface area contributed by atoms with Crippen molar-refractivity contribution < 1.29 is 18.4 Å². The van der Waals surface area contributed by atoms with Gasteiger partial charge in [-0.2, -0.15) is 0 Å². The monoisotopic (exact) mass is 250 g/mol. The number of nitrogens with one attached hydrogen (secondary N) is 1. The summed E-state index contributed by atoms with van der Waals surface area (Å²) < 4.78 is 22.5.